The molecule has 0 spiro atoms. The molecule has 66 valence electrons. The second-order valence-corrected chi connectivity index (χ2v) is 4.70. The van der Waals surface area contributed by atoms with Gasteiger partial charge in [-0.1, -0.05) is 33.6 Å². The van der Waals surface area contributed by atoms with Gasteiger partial charge in [-0.05, 0) is 12.1 Å². The van der Waals surface area contributed by atoms with Crippen molar-refractivity contribution in [1.29, 1.82) is 0 Å². The lowest BCUT2D eigenvalue weighted by atomic mass is 10.2. The third-order valence-corrected chi connectivity index (χ3v) is 3.24. The summed E-state index contributed by atoms with van der Waals surface area (Å²) in [7, 11) is 0. The van der Waals surface area contributed by atoms with Crippen LogP contribution in [0.1, 0.15) is 0 Å². The molecule has 1 aromatic carbocycles. The minimum absolute atomic E-state index is 0.749. The standard InChI is InChI=1S/C9H5BrClNS/c10-6-1-2-7(8(11)3-6)9-4-12-5-13-9/h1-5H. The molecule has 0 atom stereocenters. The number of benzene rings is 1. The fraction of sp³-hybridized carbons (Fsp3) is 0. The number of rotatable bonds is 1. The van der Waals surface area contributed by atoms with E-state index in [-0.39, 0.29) is 0 Å². The molecule has 0 radical (unpaired) electrons. The molecular weight excluding hydrogens is 270 g/mol. The molecule has 0 aliphatic rings. The van der Waals surface area contributed by atoms with Crippen LogP contribution in [0.3, 0.4) is 0 Å². The predicted molar refractivity (Wildman–Crippen MR) is 60.3 cm³/mol. The molecule has 0 aliphatic heterocycles. The van der Waals surface area contributed by atoms with Gasteiger partial charge in [0.1, 0.15) is 0 Å². The quantitative estimate of drug-likeness (QED) is 0.758. The van der Waals surface area contributed by atoms with Gasteiger partial charge in [0.25, 0.3) is 0 Å². The normalized spacial score (nSPS) is 10.3. The van der Waals surface area contributed by atoms with Crippen molar-refractivity contribution in [3.05, 3.63) is 39.4 Å². The highest BCUT2D eigenvalue weighted by molar-refractivity contribution is 9.10. The second kappa shape index (κ2) is 3.78. The van der Waals surface area contributed by atoms with Gasteiger partial charge < -0.3 is 0 Å². The van der Waals surface area contributed by atoms with Crippen LogP contribution < -0.4 is 0 Å². The molecule has 0 aliphatic carbocycles. The van der Waals surface area contributed by atoms with E-state index >= 15 is 0 Å². The third-order valence-electron chi connectivity index (χ3n) is 1.63. The highest BCUT2D eigenvalue weighted by atomic mass is 79.9. The van der Waals surface area contributed by atoms with Gasteiger partial charge in [0.05, 0.1) is 15.4 Å². The number of aromatic nitrogens is 1. The number of halogens is 2. The van der Waals surface area contributed by atoms with E-state index in [0.29, 0.717) is 0 Å². The van der Waals surface area contributed by atoms with Crippen molar-refractivity contribution in [2.45, 2.75) is 0 Å². The van der Waals surface area contributed by atoms with Crippen molar-refractivity contribution >= 4 is 38.9 Å². The summed E-state index contributed by atoms with van der Waals surface area (Å²) in [5, 5.41) is 0.749. The molecule has 0 amide bonds. The van der Waals surface area contributed by atoms with Crippen molar-refractivity contribution < 1.29 is 0 Å². The molecule has 0 saturated carbocycles. The molecule has 0 N–H and O–H groups in total. The van der Waals surface area contributed by atoms with E-state index in [1.54, 1.807) is 16.8 Å². The minimum atomic E-state index is 0.749. The maximum atomic E-state index is 6.07. The summed E-state index contributed by atoms with van der Waals surface area (Å²) in [5.41, 5.74) is 2.83. The molecule has 1 heterocycles. The lowest BCUT2D eigenvalue weighted by Gasteiger charge is -2.00. The van der Waals surface area contributed by atoms with Gasteiger partial charge in [-0.25, -0.2) is 0 Å². The zero-order valence-corrected chi connectivity index (χ0v) is 9.66. The van der Waals surface area contributed by atoms with Gasteiger partial charge in [-0.15, -0.1) is 11.3 Å². The lowest BCUT2D eigenvalue weighted by molar-refractivity contribution is 1.42. The van der Waals surface area contributed by atoms with Crippen LogP contribution in [0.25, 0.3) is 10.4 Å². The molecule has 0 unspecified atom stereocenters. The lowest BCUT2D eigenvalue weighted by Crippen LogP contribution is -1.74. The summed E-state index contributed by atoms with van der Waals surface area (Å²) >= 11 is 11.0. The predicted octanol–water partition coefficient (Wildman–Crippen LogP) is 4.23. The zero-order valence-electron chi connectivity index (χ0n) is 6.50. The van der Waals surface area contributed by atoms with E-state index in [2.05, 4.69) is 20.9 Å². The summed E-state index contributed by atoms with van der Waals surface area (Å²) in [6.07, 6.45) is 1.82. The first-order valence-corrected chi connectivity index (χ1v) is 5.66. The number of nitrogens with zero attached hydrogens (tertiary/aromatic N) is 1. The third kappa shape index (κ3) is 1.93. The summed E-state index contributed by atoms with van der Waals surface area (Å²) in [4.78, 5) is 5.11. The average molecular weight is 275 g/mol. The molecule has 1 nitrogen and oxygen atoms in total. The van der Waals surface area contributed by atoms with Crippen LogP contribution in [-0.4, -0.2) is 4.98 Å². The maximum absolute atomic E-state index is 6.07. The van der Waals surface area contributed by atoms with Gasteiger partial charge in [-0.3, -0.25) is 4.98 Å². The van der Waals surface area contributed by atoms with Crippen LogP contribution in [0.15, 0.2) is 34.4 Å². The number of hydrogen-bond acceptors (Lipinski definition) is 2. The molecule has 2 aromatic rings. The van der Waals surface area contributed by atoms with Crippen molar-refractivity contribution in [2.75, 3.05) is 0 Å². The topological polar surface area (TPSA) is 12.9 Å². The van der Waals surface area contributed by atoms with Gasteiger partial charge in [0, 0.05) is 16.2 Å². The number of thiazole rings is 1. The number of hydrogen-bond donors (Lipinski definition) is 0. The van der Waals surface area contributed by atoms with E-state index in [1.165, 1.54) is 0 Å². The molecule has 0 saturated heterocycles. The van der Waals surface area contributed by atoms with Crippen molar-refractivity contribution in [2.24, 2.45) is 0 Å². The molecule has 0 bridgehead atoms. The van der Waals surface area contributed by atoms with Crippen LogP contribution in [0.2, 0.25) is 5.02 Å². The summed E-state index contributed by atoms with van der Waals surface area (Å²) < 4.78 is 0.991. The van der Waals surface area contributed by atoms with Gasteiger partial charge in [0.2, 0.25) is 0 Å². The maximum Gasteiger partial charge on any atom is 0.0797 e. The van der Waals surface area contributed by atoms with Gasteiger partial charge >= 0.3 is 0 Å². The van der Waals surface area contributed by atoms with E-state index in [1.807, 2.05) is 24.4 Å². The Labute approximate surface area is 93.5 Å². The fourth-order valence-electron chi connectivity index (χ4n) is 1.04. The summed E-state index contributed by atoms with van der Waals surface area (Å²) in [6, 6.07) is 5.84. The monoisotopic (exact) mass is 273 g/mol. The van der Waals surface area contributed by atoms with Crippen LogP contribution in [0.5, 0.6) is 0 Å². The Bertz CT molecular complexity index is 414. The van der Waals surface area contributed by atoms with Crippen molar-refractivity contribution in [3.8, 4) is 10.4 Å². The molecular formula is C9H5BrClNS. The van der Waals surface area contributed by atoms with Gasteiger partial charge in [0.15, 0.2) is 0 Å². The Hall–Kier alpha value is -0.380. The minimum Gasteiger partial charge on any atom is -0.252 e. The average Bonchev–Trinajstić information content (AvgIpc) is 2.56. The largest absolute Gasteiger partial charge is 0.252 e. The second-order valence-electron chi connectivity index (χ2n) is 2.49. The Morgan fingerprint density at radius 3 is 2.85 bits per heavy atom. The Kier molecular flexibility index (Phi) is 2.67. The Balaban J connectivity index is 2.53. The first-order chi connectivity index (χ1) is 6.27. The van der Waals surface area contributed by atoms with Crippen LogP contribution in [0, 0.1) is 0 Å². The highest BCUT2D eigenvalue weighted by Crippen LogP contribution is 2.32. The van der Waals surface area contributed by atoms with E-state index in [0.717, 1.165) is 19.9 Å². The first-order valence-electron chi connectivity index (χ1n) is 3.61. The van der Waals surface area contributed by atoms with Crippen LogP contribution in [0.4, 0.5) is 0 Å². The first kappa shape index (κ1) is 9.19. The molecule has 1 aromatic heterocycles. The molecule has 0 fully saturated rings. The SMILES string of the molecule is Clc1cc(Br)ccc1-c1cncs1. The fourth-order valence-corrected chi connectivity index (χ4v) is 2.53. The van der Waals surface area contributed by atoms with Gasteiger partial charge in [-0.2, -0.15) is 0 Å². The summed E-state index contributed by atoms with van der Waals surface area (Å²) in [6.45, 7) is 0. The van der Waals surface area contributed by atoms with E-state index in [4.69, 9.17) is 11.6 Å². The molecule has 2 rings (SSSR count). The van der Waals surface area contributed by atoms with Crippen LogP contribution >= 0.6 is 38.9 Å². The Morgan fingerprint density at radius 1 is 1.38 bits per heavy atom. The van der Waals surface area contributed by atoms with E-state index in [9.17, 15) is 0 Å². The zero-order chi connectivity index (χ0) is 9.26. The summed E-state index contributed by atoms with van der Waals surface area (Å²) in [5.74, 6) is 0. The highest BCUT2D eigenvalue weighted by Gasteiger charge is 2.04. The van der Waals surface area contributed by atoms with Crippen LogP contribution in [-0.2, 0) is 0 Å². The van der Waals surface area contributed by atoms with Crippen molar-refractivity contribution in [3.63, 3.8) is 0 Å². The van der Waals surface area contributed by atoms with E-state index < -0.39 is 0 Å². The smallest absolute Gasteiger partial charge is 0.0797 e. The molecule has 13 heavy (non-hydrogen) atoms. The molecule has 4 heteroatoms. The Morgan fingerprint density at radius 2 is 2.23 bits per heavy atom. The van der Waals surface area contributed by atoms with Crippen molar-refractivity contribution in [1.82, 2.24) is 4.98 Å².